The van der Waals surface area contributed by atoms with Crippen LogP contribution in [0.15, 0.2) is 0 Å². The Morgan fingerprint density at radius 3 is 2.78 bits per heavy atom. The number of aliphatic hydroxyl groups is 1. The summed E-state index contributed by atoms with van der Waals surface area (Å²) in [5, 5.41) is 10.7. The molecule has 0 aliphatic carbocycles. The number of hydrogen-bond acceptors (Lipinski definition) is 4. The molecule has 5 nitrogen and oxygen atoms in total. The van der Waals surface area contributed by atoms with Gasteiger partial charge in [-0.3, -0.25) is 5.32 Å². The third-order valence-electron chi connectivity index (χ3n) is 0.566. The average Bonchev–Trinajstić information content (AvgIpc) is 1.80. The summed E-state index contributed by atoms with van der Waals surface area (Å²) in [6.07, 6.45) is 0. The van der Waals surface area contributed by atoms with Crippen LogP contribution in [0.1, 0.15) is 0 Å². The fourth-order valence-electron chi connectivity index (χ4n) is 0.252. The van der Waals surface area contributed by atoms with Crippen LogP contribution in [0, 0.1) is 0 Å². The van der Waals surface area contributed by atoms with Crippen LogP contribution in [-0.2, 0) is 9.09 Å². The van der Waals surface area contributed by atoms with E-state index in [1.165, 1.54) is 0 Å². The molecular weight excluding hydrogens is 145 g/mol. The van der Waals surface area contributed by atoms with Crippen molar-refractivity contribution in [1.82, 2.24) is 5.32 Å². The van der Waals surface area contributed by atoms with Crippen LogP contribution in [0.5, 0.6) is 0 Å². The molecule has 0 radical (unpaired) electrons. The topological polar surface area (TPSA) is 78.8 Å². The molecule has 0 saturated heterocycles. The van der Waals surface area contributed by atoms with Gasteiger partial charge in [-0.25, -0.2) is 0 Å². The van der Waals surface area contributed by atoms with Crippen LogP contribution in [0.3, 0.4) is 0 Å². The van der Waals surface area contributed by atoms with E-state index in [9.17, 15) is 4.57 Å². The van der Waals surface area contributed by atoms with Crippen LogP contribution in [-0.4, -0.2) is 29.9 Å². The van der Waals surface area contributed by atoms with Gasteiger partial charge < -0.3 is 5.11 Å². The number of aliphatic hydroxyl groups excluding tert-OH is 1. The summed E-state index contributed by atoms with van der Waals surface area (Å²) in [5.74, 6) is 0. The molecule has 54 valence electrons. The highest BCUT2D eigenvalue weighted by Gasteiger charge is 2.09. The lowest BCUT2D eigenvalue weighted by molar-refractivity contribution is 0.232. The average molecular weight is 154 g/mol. The lowest BCUT2D eigenvalue weighted by Crippen LogP contribution is -2.19. The van der Waals surface area contributed by atoms with Crippen LogP contribution in [0.4, 0.5) is 0 Å². The zero-order valence-electron chi connectivity index (χ0n) is 4.78. The highest BCUT2D eigenvalue weighted by atomic mass is 31.1. The van der Waals surface area contributed by atoms with Gasteiger partial charge in [0.25, 0.3) is 0 Å². The Bertz CT molecular complexity index is 87.9. The molecule has 0 aromatic heterocycles. The zero-order valence-corrected chi connectivity index (χ0v) is 5.67. The molecule has 0 aliphatic heterocycles. The van der Waals surface area contributed by atoms with E-state index in [1.807, 2.05) is 0 Å². The summed E-state index contributed by atoms with van der Waals surface area (Å²) >= 11 is 0. The van der Waals surface area contributed by atoms with Gasteiger partial charge in [0, 0.05) is 11.1 Å². The maximum atomic E-state index is 9.79. The van der Waals surface area contributed by atoms with Gasteiger partial charge in [0.2, 0.25) is 0 Å². The Hall–Kier alpha value is -0.0600. The summed E-state index contributed by atoms with van der Waals surface area (Å²) in [6.45, 7) is 0.348. The molecule has 9 heavy (non-hydrogen) atoms. The first kappa shape index (κ1) is 8.94. The number of nitrogens with one attached hydrogen (secondary N) is 1. The molecule has 0 rings (SSSR count). The largest absolute Gasteiger partial charge is 0.696 e. The van der Waals surface area contributed by atoms with Gasteiger partial charge in [-0.1, -0.05) is 0 Å². The third-order valence-corrected chi connectivity index (χ3v) is 0.916. The molecule has 0 bridgehead atoms. The minimum atomic E-state index is -2.51. The van der Waals surface area contributed by atoms with Crippen LogP contribution >= 0.6 is 8.25 Å². The normalized spacial score (nSPS) is 11.6. The SMILES string of the molecule is O=[P+](O)OCNCCO. The van der Waals surface area contributed by atoms with Crippen molar-refractivity contribution in [2.45, 2.75) is 0 Å². The summed E-state index contributed by atoms with van der Waals surface area (Å²) in [4.78, 5) is 8.04. The maximum Gasteiger partial charge on any atom is 0.696 e. The van der Waals surface area contributed by atoms with Crippen LogP contribution < -0.4 is 5.32 Å². The second-order valence-electron chi connectivity index (χ2n) is 1.23. The highest BCUT2D eigenvalue weighted by molar-refractivity contribution is 7.32. The fourth-order valence-corrected chi connectivity index (χ4v) is 0.454. The van der Waals surface area contributed by atoms with Gasteiger partial charge in [-0.05, 0) is 0 Å². The van der Waals surface area contributed by atoms with Gasteiger partial charge in [0.15, 0.2) is 6.73 Å². The third kappa shape index (κ3) is 7.94. The van der Waals surface area contributed by atoms with Crippen molar-refractivity contribution in [2.24, 2.45) is 0 Å². The molecular formula is C3H9NO4P+. The minimum Gasteiger partial charge on any atom is -0.395 e. The van der Waals surface area contributed by atoms with E-state index >= 15 is 0 Å². The fraction of sp³-hybridized carbons (Fsp3) is 1.00. The first-order valence-electron chi connectivity index (χ1n) is 2.38. The van der Waals surface area contributed by atoms with Crippen molar-refractivity contribution in [3.8, 4) is 0 Å². The molecule has 6 heteroatoms. The quantitative estimate of drug-likeness (QED) is 0.274. The summed E-state index contributed by atoms with van der Waals surface area (Å²) < 4.78 is 14.0. The number of rotatable bonds is 5. The van der Waals surface area contributed by atoms with Crippen molar-refractivity contribution in [1.29, 1.82) is 0 Å². The number of hydrogen-bond donors (Lipinski definition) is 3. The van der Waals surface area contributed by atoms with E-state index in [0.29, 0.717) is 6.54 Å². The second kappa shape index (κ2) is 6.07. The predicted molar refractivity (Wildman–Crippen MR) is 30.9 cm³/mol. The predicted octanol–water partition coefficient (Wildman–Crippen LogP) is -0.808. The maximum absolute atomic E-state index is 9.79. The van der Waals surface area contributed by atoms with E-state index in [4.69, 9.17) is 10.00 Å². The Kier molecular flexibility index (Phi) is 6.03. The summed E-state index contributed by atoms with van der Waals surface area (Å²) in [6, 6.07) is 0. The molecule has 0 fully saturated rings. The molecule has 3 N–H and O–H groups in total. The highest BCUT2D eigenvalue weighted by Crippen LogP contribution is 2.11. The van der Waals surface area contributed by atoms with Crippen molar-refractivity contribution < 1.29 is 19.1 Å². The molecule has 0 saturated carbocycles. The molecule has 0 aromatic carbocycles. The van der Waals surface area contributed by atoms with Gasteiger partial charge in [-0.2, -0.15) is 0 Å². The Balaban J connectivity index is 2.83. The summed E-state index contributed by atoms with van der Waals surface area (Å²) in [5.41, 5.74) is 0. The molecule has 0 heterocycles. The van der Waals surface area contributed by atoms with Gasteiger partial charge in [0.05, 0.1) is 6.61 Å². The van der Waals surface area contributed by atoms with E-state index in [0.717, 1.165) is 0 Å². The first-order chi connectivity index (χ1) is 4.27. The Morgan fingerprint density at radius 2 is 2.33 bits per heavy atom. The van der Waals surface area contributed by atoms with Crippen molar-refractivity contribution in [2.75, 3.05) is 19.9 Å². The van der Waals surface area contributed by atoms with E-state index < -0.39 is 8.25 Å². The standard InChI is InChI=1S/C3H8NO4P/c5-2-1-4-3-8-9(6)7/h4-5H,1-3H2/p+1. The van der Waals surface area contributed by atoms with Crippen LogP contribution in [0.2, 0.25) is 0 Å². The van der Waals surface area contributed by atoms with E-state index in [1.54, 1.807) is 0 Å². The Morgan fingerprint density at radius 1 is 1.67 bits per heavy atom. The zero-order chi connectivity index (χ0) is 7.11. The van der Waals surface area contributed by atoms with E-state index in [2.05, 4.69) is 9.84 Å². The second-order valence-corrected chi connectivity index (χ2v) is 1.97. The first-order valence-corrected chi connectivity index (χ1v) is 3.51. The molecule has 0 aromatic rings. The molecule has 0 amide bonds. The van der Waals surface area contributed by atoms with Gasteiger partial charge in [-0.15, -0.1) is 9.42 Å². The lowest BCUT2D eigenvalue weighted by Gasteiger charge is -1.92. The monoisotopic (exact) mass is 154 g/mol. The van der Waals surface area contributed by atoms with Crippen molar-refractivity contribution in [3.05, 3.63) is 0 Å². The molecule has 1 atom stereocenters. The summed E-state index contributed by atoms with van der Waals surface area (Å²) in [7, 11) is -2.51. The molecule has 0 aliphatic rings. The Labute approximate surface area is 53.6 Å². The smallest absolute Gasteiger partial charge is 0.395 e. The van der Waals surface area contributed by atoms with E-state index in [-0.39, 0.29) is 13.3 Å². The van der Waals surface area contributed by atoms with Crippen molar-refractivity contribution >= 4 is 8.25 Å². The molecule has 0 spiro atoms. The van der Waals surface area contributed by atoms with Gasteiger partial charge >= 0.3 is 8.25 Å². The van der Waals surface area contributed by atoms with Crippen molar-refractivity contribution in [3.63, 3.8) is 0 Å². The lowest BCUT2D eigenvalue weighted by atomic mass is 10.7. The van der Waals surface area contributed by atoms with Crippen LogP contribution in [0.25, 0.3) is 0 Å². The van der Waals surface area contributed by atoms with Gasteiger partial charge in [0.1, 0.15) is 0 Å². The molecule has 1 unspecified atom stereocenters. The minimum absolute atomic E-state index is 0.00767.